The average Bonchev–Trinajstić information content (AvgIpc) is 3.39. The van der Waals surface area contributed by atoms with Crippen LogP contribution in [0.15, 0.2) is 102 Å². The first-order valence-electron chi connectivity index (χ1n) is 13.3. The second kappa shape index (κ2) is 12.4. The number of aromatic nitrogens is 3. The van der Waals surface area contributed by atoms with Gasteiger partial charge in [0, 0.05) is 18.3 Å². The molecule has 6 rings (SSSR count). The highest BCUT2D eigenvalue weighted by Gasteiger charge is 2.28. The van der Waals surface area contributed by atoms with E-state index < -0.39 is 0 Å². The van der Waals surface area contributed by atoms with E-state index in [-0.39, 0.29) is 23.0 Å². The Kier molecular flexibility index (Phi) is 8.49. The zero-order valence-corrected chi connectivity index (χ0v) is 23.5. The number of hydrogen-bond donors (Lipinski definition) is 2. The summed E-state index contributed by atoms with van der Waals surface area (Å²) in [7, 11) is 0. The molecule has 1 atom stereocenters. The first kappa shape index (κ1) is 26.8. The third kappa shape index (κ3) is 6.27. The molecular weight excluding hydrogens is 548 g/mol. The van der Waals surface area contributed by atoms with E-state index in [1.807, 2.05) is 48.7 Å². The predicted octanol–water partition coefficient (Wildman–Crippen LogP) is 6.52. The van der Waals surface area contributed by atoms with Crippen molar-refractivity contribution in [3.05, 3.63) is 131 Å². The molecule has 7 heteroatoms. The molecule has 3 aromatic carbocycles. The minimum absolute atomic E-state index is 0. The minimum Gasteiger partial charge on any atom is -0.383 e. The summed E-state index contributed by atoms with van der Waals surface area (Å²) in [6, 6.07) is 31.4. The van der Waals surface area contributed by atoms with Gasteiger partial charge >= 0.3 is 0 Å². The monoisotopic (exact) mass is 580 g/mol. The quantitative estimate of drug-likeness (QED) is 0.162. The second-order valence-corrected chi connectivity index (χ2v) is 9.95. The number of imidazole rings is 1. The van der Waals surface area contributed by atoms with Crippen LogP contribution in [0.3, 0.4) is 0 Å². The number of halogens is 1. The molecule has 0 spiro atoms. The summed E-state index contributed by atoms with van der Waals surface area (Å²) >= 11 is 0. The normalized spacial score (nSPS) is 15.2. The van der Waals surface area contributed by atoms with Gasteiger partial charge < -0.3 is 10.7 Å². The molecule has 0 amide bonds. The summed E-state index contributed by atoms with van der Waals surface area (Å²) in [5.41, 5.74) is 14.2. The molecule has 5 aromatic rings. The van der Waals surface area contributed by atoms with Gasteiger partial charge in [-0.25, -0.2) is 4.98 Å². The molecule has 0 radical (unpaired) electrons. The maximum Gasteiger partial charge on any atom is 0.125 e. The van der Waals surface area contributed by atoms with Crippen molar-refractivity contribution < 1.29 is 0 Å². The number of fused-ring (bicyclic) bond motifs is 2. The van der Waals surface area contributed by atoms with Crippen molar-refractivity contribution >= 4 is 33.9 Å². The van der Waals surface area contributed by atoms with Crippen LogP contribution in [0.5, 0.6) is 0 Å². The minimum atomic E-state index is 0. The fourth-order valence-electron chi connectivity index (χ4n) is 5.35. The highest BCUT2D eigenvalue weighted by molar-refractivity contribution is 8.93. The number of H-pyrrole nitrogens is 1. The molecule has 198 valence electrons. The summed E-state index contributed by atoms with van der Waals surface area (Å²) in [6.45, 7) is 2.10. The number of benzene rings is 3. The van der Waals surface area contributed by atoms with Gasteiger partial charge in [-0.2, -0.15) is 0 Å². The first-order valence-corrected chi connectivity index (χ1v) is 13.3. The van der Waals surface area contributed by atoms with Crippen molar-refractivity contribution in [2.24, 2.45) is 10.7 Å². The lowest BCUT2D eigenvalue weighted by Gasteiger charge is -2.34. The van der Waals surface area contributed by atoms with Crippen molar-refractivity contribution in [2.75, 3.05) is 0 Å². The number of hydrogen-bond acceptors (Lipinski definition) is 4. The Morgan fingerprint density at radius 3 is 2.49 bits per heavy atom. The average molecular weight is 582 g/mol. The van der Waals surface area contributed by atoms with Crippen LogP contribution in [-0.2, 0) is 26.1 Å². The topological polar surface area (TPSA) is 83.2 Å². The molecule has 0 bridgehead atoms. The van der Waals surface area contributed by atoms with Crippen molar-refractivity contribution in [1.82, 2.24) is 19.9 Å². The molecule has 2 aromatic heterocycles. The van der Waals surface area contributed by atoms with Gasteiger partial charge in [0.15, 0.2) is 0 Å². The zero-order valence-electron chi connectivity index (χ0n) is 21.8. The number of amidine groups is 1. The summed E-state index contributed by atoms with van der Waals surface area (Å²) in [6.07, 6.45) is 5.28. The van der Waals surface area contributed by atoms with E-state index in [2.05, 4.69) is 63.4 Å². The van der Waals surface area contributed by atoms with Crippen molar-refractivity contribution in [3.8, 4) is 0 Å². The van der Waals surface area contributed by atoms with E-state index >= 15 is 0 Å². The lowest BCUT2D eigenvalue weighted by Crippen LogP contribution is -2.31. The number of nitrogens with one attached hydrogen (secondary N) is 1. The third-order valence-electron chi connectivity index (χ3n) is 7.31. The Labute approximate surface area is 239 Å². The number of aromatic amines is 1. The van der Waals surface area contributed by atoms with Crippen LogP contribution in [-0.4, -0.2) is 25.7 Å². The zero-order chi connectivity index (χ0) is 25.7. The molecule has 39 heavy (non-hydrogen) atoms. The predicted molar refractivity (Wildman–Crippen MR) is 163 cm³/mol. The van der Waals surface area contributed by atoms with E-state index in [4.69, 9.17) is 15.7 Å². The Hall–Kier alpha value is -3.81. The van der Waals surface area contributed by atoms with Crippen LogP contribution in [0.4, 0.5) is 0 Å². The molecule has 1 aliphatic carbocycles. The number of pyridine rings is 1. The lowest BCUT2D eigenvalue weighted by molar-refractivity contribution is 0.153. The summed E-state index contributed by atoms with van der Waals surface area (Å²) in [5.74, 6) is 1.55. The van der Waals surface area contributed by atoms with Gasteiger partial charge in [-0.1, -0.05) is 72.8 Å². The van der Waals surface area contributed by atoms with E-state index in [0.29, 0.717) is 12.4 Å². The molecule has 0 saturated carbocycles. The SMILES string of the molecule is Br.NC(=NCc1ccc(CN(Cc2nc3ccccc3[nH]2)C2CCCc3cccnc32)cc1)c1ccccc1. The molecule has 0 saturated heterocycles. The first-order chi connectivity index (χ1) is 18.7. The van der Waals surface area contributed by atoms with Crippen molar-refractivity contribution in [1.29, 1.82) is 0 Å². The molecule has 6 nitrogen and oxygen atoms in total. The van der Waals surface area contributed by atoms with Crippen LogP contribution >= 0.6 is 17.0 Å². The molecular formula is C32H33BrN6. The van der Waals surface area contributed by atoms with E-state index in [9.17, 15) is 0 Å². The summed E-state index contributed by atoms with van der Waals surface area (Å²) < 4.78 is 0. The fourth-order valence-corrected chi connectivity index (χ4v) is 5.35. The molecule has 0 fully saturated rings. The summed E-state index contributed by atoms with van der Waals surface area (Å²) in [4.78, 5) is 20.3. The third-order valence-corrected chi connectivity index (χ3v) is 7.31. The van der Waals surface area contributed by atoms with E-state index in [1.165, 1.54) is 23.2 Å². The van der Waals surface area contributed by atoms with Crippen molar-refractivity contribution in [3.63, 3.8) is 0 Å². The Bertz CT molecular complexity index is 1510. The van der Waals surface area contributed by atoms with Gasteiger partial charge in [-0.3, -0.25) is 14.9 Å². The van der Waals surface area contributed by atoms with Crippen LogP contribution in [0, 0.1) is 0 Å². The molecule has 2 heterocycles. The Balaban J connectivity index is 0.00000308. The van der Waals surface area contributed by atoms with Gasteiger partial charge in [-0.05, 0) is 54.2 Å². The molecule has 1 aliphatic rings. The highest BCUT2D eigenvalue weighted by Crippen LogP contribution is 2.34. The Morgan fingerprint density at radius 1 is 0.897 bits per heavy atom. The maximum absolute atomic E-state index is 6.19. The maximum atomic E-state index is 6.19. The highest BCUT2D eigenvalue weighted by atomic mass is 79.9. The smallest absolute Gasteiger partial charge is 0.125 e. The van der Waals surface area contributed by atoms with Crippen LogP contribution < -0.4 is 5.73 Å². The van der Waals surface area contributed by atoms with Gasteiger partial charge in [0.25, 0.3) is 0 Å². The number of nitrogens with zero attached hydrogens (tertiary/aromatic N) is 4. The van der Waals surface area contributed by atoms with Crippen LogP contribution in [0.2, 0.25) is 0 Å². The van der Waals surface area contributed by atoms with Crippen molar-refractivity contribution in [2.45, 2.75) is 44.9 Å². The molecule has 1 unspecified atom stereocenters. The molecule has 0 aliphatic heterocycles. The van der Waals surface area contributed by atoms with Gasteiger partial charge in [-0.15, -0.1) is 17.0 Å². The van der Waals surface area contributed by atoms with Crippen LogP contribution in [0.1, 0.15) is 52.7 Å². The lowest BCUT2D eigenvalue weighted by atomic mass is 9.90. The number of para-hydroxylation sites is 2. The number of aliphatic imine (C=N–C) groups is 1. The van der Waals surface area contributed by atoms with E-state index in [1.54, 1.807) is 0 Å². The number of rotatable bonds is 8. The second-order valence-electron chi connectivity index (χ2n) is 9.95. The van der Waals surface area contributed by atoms with E-state index in [0.717, 1.165) is 53.9 Å². The Morgan fingerprint density at radius 2 is 1.67 bits per heavy atom. The van der Waals surface area contributed by atoms with Gasteiger partial charge in [0.1, 0.15) is 11.7 Å². The van der Waals surface area contributed by atoms with Gasteiger partial charge in [0.05, 0.1) is 35.9 Å². The van der Waals surface area contributed by atoms with Gasteiger partial charge in [0.2, 0.25) is 0 Å². The fraction of sp³-hybridized carbons (Fsp3) is 0.219. The number of aryl methyl sites for hydroxylation is 1. The summed E-state index contributed by atoms with van der Waals surface area (Å²) in [5, 5.41) is 0. The number of nitrogens with two attached hydrogens (primary N) is 1. The largest absolute Gasteiger partial charge is 0.383 e. The standard InChI is InChI=1S/C32H32N6.BrH/c33-32(26-8-2-1-3-9-26)35-20-23-15-17-24(18-16-23)21-38(22-30-36-27-12-4-5-13-28(27)37-30)29-14-6-10-25-11-7-19-34-31(25)29;/h1-5,7-9,11-13,15-19,29H,6,10,14,20-22H2,(H2,33,35)(H,36,37);1H. The van der Waals surface area contributed by atoms with Crippen LogP contribution in [0.25, 0.3) is 11.0 Å². The molecule has 3 N–H and O–H groups in total.